The third kappa shape index (κ3) is 8.33. The van der Waals surface area contributed by atoms with Gasteiger partial charge in [0.1, 0.15) is 11.5 Å². The topological polar surface area (TPSA) is 52.6 Å². The lowest BCUT2D eigenvalue weighted by molar-refractivity contribution is -0.108. The van der Waals surface area contributed by atoms with Gasteiger partial charge in [-0.15, -0.1) is 0 Å². The first-order chi connectivity index (χ1) is 17.3. The molecule has 184 valence electrons. The monoisotopic (exact) mass is 516 g/mol. The number of benzene rings is 3. The first kappa shape index (κ1) is 27.1. The molecule has 0 spiro atoms. The quantitative estimate of drug-likeness (QED) is 0.147. The third-order valence-electron chi connectivity index (χ3n) is 4.98. The fraction of sp³-hybridized carbons (Fsp3) is 0.133. The minimum atomic E-state index is -0.0826. The second kappa shape index (κ2) is 13.6. The van der Waals surface area contributed by atoms with Crippen molar-refractivity contribution in [2.75, 3.05) is 12.4 Å². The Hall–Kier alpha value is -3.48. The molecule has 0 saturated heterocycles. The molecule has 3 aromatic rings. The summed E-state index contributed by atoms with van der Waals surface area (Å²) in [4.78, 5) is 23.1. The molecule has 0 radical (unpaired) electrons. The van der Waals surface area contributed by atoms with Crippen LogP contribution in [0.15, 0.2) is 109 Å². The molecule has 4 nitrogen and oxygen atoms in total. The molecule has 0 saturated carbocycles. The maximum Gasteiger partial charge on any atom is 0.218 e. The van der Waals surface area contributed by atoms with E-state index in [-0.39, 0.29) is 10.2 Å². The molecule has 0 unspecified atom stereocenters. The van der Waals surface area contributed by atoms with Crippen molar-refractivity contribution in [3.05, 3.63) is 109 Å². The summed E-state index contributed by atoms with van der Waals surface area (Å²) in [6.07, 6.45) is 1.50. The molecule has 0 aliphatic rings. The van der Waals surface area contributed by atoms with Gasteiger partial charge in [0.25, 0.3) is 0 Å². The summed E-state index contributed by atoms with van der Waals surface area (Å²) in [6, 6.07) is 24.1. The van der Waals surface area contributed by atoms with Crippen molar-refractivity contribution in [2.45, 2.75) is 13.8 Å². The van der Waals surface area contributed by atoms with E-state index < -0.39 is 0 Å². The second-order valence-corrected chi connectivity index (χ2v) is 9.91. The van der Waals surface area contributed by atoms with Gasteiger partial charge in [0.2, 0.25) is 10.2 Å². The summed E-state index contributed by atoms with van der Waals surface area (Å²) in [5.74, 6) is 2.06. The summed E-state index contributed by atoms with van der Waals surface area (Å²) >= 11 is 2.27. The Morgan fingerprint density at radius 1 is 0.722 bits per heavy atom. The minimum absolute atomic E-state index is 0.00159. The largest absolute Gasteiger partial charge is 0.493 e. The van der Waals surface area contributed by atoms with E-state index in [0.29, 0.717) is 29.3 Å². The number of ether oxygens (including phenoxy) is 2. The minimum Gasteiger partial charge on any atom is -0.493 e. The third-order valence-corrected chi connectivity index (χ3v) is 6.77. The van der Waals surface area contributed by atoms with Crippen molar-refractivity contribution in [2.24, 2.45) is 0 Å². The van der Waals surface area contributed by atoms with Gasteiger partial charge in [0, 0.05) is 11.2 Å². The van der Waals surface area contributed by atoms with Crippen LogP contribution in [0.3, 0.4) is 0 Å². The molecule has 0 aliphatic heterocycles. The van der Waals surface area contributed by atoms with Crippen LogP contribution >= 0.6 is 23.5 Å². The van der Waals surface area contributed by atoms with Crippen LogP contribution in [-0.4, -0.2) is 22.6 Å². The Morgan fingerprint density at radius 3 is 1.64 bits per heavy atom. The lowest BCUT2D eigenvalue weighted by atomic mass is 10.0. The molecule has 0 aromatic heterocycles. The van der Waals surface area contributed by atoms with E-state index in [9.17, 15) is 9.59 Å². The summed E-state index contributed by atoms with van der Waals surface area (Å²) in [7, 11) is 0. The number of thioether (sulfide) groups is 2. The van der Waals surface area contributed by atoms with Crippen LogP contribution in [0, 0.1) is 0 Å². The Balaban J connectivity index is 1.52. The van der Waals surface area contributed by atoms with Crippen LogP contribution in [0.5, 0.6) is 11.5 Å². The van der Waals surface area contributed by atoms with Crippen LogP contribution in [0.1, 0.15) is 13.8 Å². The van der Waals surface area contributed by atoms with Crippen molar-refractivity contribution in [3.8, 4) is 33.8 Å². The van der Waals surface area contributed by atoms with Crippen LogP contribution in [0.2, 0.25) is 0 Å². The van der Waals surface area contributed by atoms with Gasteiger partial charge in [-0.2, -0.15) is 0 Å². The number of hydrogen-bond donors (Lipinski definition) is 0. The molecule has 3 rings (SSSR count). The second-order valence-electron chi connectivity index (χ2n) is 7.97. The molecule has 0 bridgehead atoms. The van der Waals surface area contributed by atoms with Crippen molar-refractivity contribution < 1.29 is 19.1 Å². The number of carbonyl (C=O) groups excluding carboxylic acids is 2. The zero-order chi connectivity index (χ0) is 25.9. The molecule has 0 atom stereocenters. The van der Waals surface area contributed by atoms with Gasteiger partial charge in [-0.3, -0.25) is 9.59 Å². The molecule has 0 fully saturated rings. The van der Waals surface area contributed by atoms with Crippen LogP contribution in [-0.2, 0) is 9.59 Å². The predicted octanol–water partition coefficient (Wildman–Crippen LogP) is 7.92. The lowest BCUT2D eigenvalue weighted by Crippen LogP contribution is -2.03. The van der Waals surface area contributed by atoms with Gasteiger partial charge in [-0.05, 0) is 71.5 Å². The highest BCUT2D eigenvalue weighted by Crippen LogP contribution is 2.27. The van der Waals surface area contributed by atoms with Gasteiger partial charge < -0.3 is 9.47 Å². The molecule has 36 heavy (non-hydrogen) atoms. The summed E-state index contributed by atoms with van der Waals surface area (Å²) in [5.41, 5.74) is 5.45. The number of hydrogen-bond acceptors (Lipinski definition) is 6. The summed E-state index contributed by atoms with van der Waals surface area (Å²) in [5, 5.41) is 1.52. The van der Waals surface area contributed by atoms with Crippen LogP contribution < -0.4 is 9.47 Å². The highest BCUT2D eigenvalue weighted by atomic mass is 32.2. The van der Waals surface area contributed by atoms with E-state index in [1.54, 1.807) is 19.3 Å². The zero-order valence-corrected chi connectivity index (χ0v) is 22.0. The molecule has 0 aliphatic carbocycles. The van der Waals surface area contributed by atoms with E-state index in [4.69, 9.17) is 9.47 Å². The molecule has 6 heteroatoms. The van der Waals surface area contributed by atoms with E-state index in [2.05, 4.69) is 37.4 Å². The molecule has 0 heterocycles. The van der Waals surface area contributed by atoms with Crippen molar-refractivity contribution in [1.29, 1.82) is 0 Å². The van der Waals surface area contributed by atoms with Crippen LogP contribution in [0.25, 0.3) is 22.3 Å². The summed E-state index contributed by atoms with van der Waals surface area (Å²) < 4.78 is 11.3. The predicted molar refractivity (Wildman–Crippen MR) is 152 cm³/mol. The maximum absolute atomic E-state index is 11.6. The van der Waals surface area contributed by atoms with Gasteiger partial charge in [-0.1, -0.05) is 85.2 Å². The van der Waals surface area contributed by atoms with Crippen molar-refractivity contribution in [3.63, 3.8) is 0 Å². The van der Waals surface area contributed by atoms with Crippen molar-refractivity contribution in [1.82, 2.24) is 0 Å². The fourth-order valence-electron chi connectivity index (χ4n) is 3.04. The Morgan fingerprint density at radius 2 is 1.17 bits per heavy atom. The molecular weight excluding hydrogens is 488 g/mol. The molecule has 3 aromatic carbocycles. The van der Waals surface area contributed by atoms with Gasteiger partial charge in [-0.25, -0.2) is 0 Å². The molecule has 0 N–H and O–H groups in total. The molecular formula is C30H28O4S2. The fourth-order valence-corrected chi connectivity index (χ4v) is 4.07. The Bertz CT molecular complexity index is 1240. The van der Waals surface area contributed by atoms with E-state index in [1.807, 2.05) is 48.5 Å². The van der Waals surface area contributed by atoms with E-state index in [1.165, 1.54) is 18.0 Å². The van der Waals surface area contributed by atoms with E-state index in [0.717, 1.165) is 39.8 Å². The highest BCUT2D eigenvalue weighted by molar-refractivity contribution is 8.16. The first-order valence-electron chi connectivity index (χ1n) is 11.3. The van der Waals surface area contributed by atoms with Crippen LogP contribution in [0.4, 0.5) is 0 Å². The lowest BCUT2D eigenvalue weighted by Gasteiger charge is -2.08. The number of carbonyl (C=O) groups is 2. The molecule has 0 amide bonds. The highest BCUT2D eigenvalue weighted by Gasteiger charge is 2.05. The summed E-state index contributed by atoms with van der Waals surface area (Å²) in [6.45, 7) is 11.1. The average molecular weight is 517 g/mol. The first-order valence-corrected chi connectivity index (χ1v) is 13.1. The number of rotatable bonds is 11. The van der Waals surface area contributed by atoms with Crippen molar-refractivity contribution >= 4 is 33.8 Å². The SMILES string of the molecule is C=C(C)C(=O)SC=COc1ccc(-c2ccc(-c3ccc(OCCSC(=O)C(=C)C)cc3)cc2)cc1. The smallest absolute Gasteiger partial charge is 0.218 e. The standard InChI is InChI=1S/C30H28O4S2/c1-21(2)29(31)35-19-17-33-27-13-9-25(10-14-27)23-5-7-24(8-6-23)26-11-15-28(16-12-26)34-18-20-36-30(32)22(3)4/h5-17,19H,1,3,18,20H2,2,4H3. The normalized spacial score (nSPS) is 10.7. The van der Waals surface area contributed by atoms with Gasteiger partial charge in [0.05, 0.1) is 12.9 Å². The average Bonchev–Trinajstić information content (AvgIpc) is 2.89. The zero-order valence-electron chi connectivity index (χ0n) is 20.4. The van der Waals surface area contributed by atoms with Gasteiger partial charge >= 0.3 is 0 Å². The van der Waals surface area contributed by atoms with E-state index >= 15 is 0 Å². The Labute approximate surface area is 221 Å². The Kier molecular flexibility index (Phi) is 10.2. The van der Waals surface area contributed by atoms with Gasteiger partial charge in [0.15, 0.2) is 0 Å². The maximum atomic E-state index is 11.6.